The van der Waals surface area contributed by atoms with Gasteiger partial charge in [0, 0.05) is 33.1 Å². The molecule has 1 aliphatic heterocycles. The lowest BCUT2D eigenvalue weighted by Gasteiger charge is -2.27. The maximum Gasteiger partial charge on any atom is 0.257 e. The normalized spacial score (nSPS) is 13.3. The Morgan fingerprint density at radius 2 is 1.97 bits per heavy atom. The van der Waals surface area contributed by atoms with Crippen molar-refractivity contribution in [1.82, 2.24) is 14.5 Å². The number of rotatable bonds is 7. The molecule has 0 saturated heterocycles. The number of fused-ring (bicyclic) bond motifs is 1. The summed E-state index contributed by atoms with van der Waals surface area (Å²) in [5.74, 6) is 2.08. The number of hydrogen-bond acceptors (Lipinski definition) is 5. The first-order valence-electron chi connectivity index (χ1n) is 9.37. The first kappa shape index (κ1) is 19.0. The van der Waals surface area contributed by atoms with Gasteiger partial charge in [-0.15, -0.1) is 0 Å². The Morgan fingerprint density at radius 1 is 1.17 bits per heavy atom. The largest absolute Gasteiger partial charge is 0.454 e. The van der Waals surface area contributed by atoms with E-state index in [-0.39, 0.29) is 12.7 Å². The van der Waals surface area contributed by atoms with Crippen LogP contribution >= 0.6 is 0 Å². The molecule has 1 aromatic heterocycles. The van der Waals surface area contributed by atoms with Crippen LogP contribution in [0.5, 0.6) is 11.5 Å². The zero-order valence-corrected chi connectivity index (χ0v) is 16.4. The highest BCUT2D eigenvalue weighted by atomic mass is 16.7. The lowest BCUT2D eigenvalue weighted by atomic mass is 10.1. The van der Waals surface area contributed by atoms with E-state index < -0.39 is 6.10 Å². The molecule has 4 rings (SSSR count). The second-order valence-electron chi connectivity index (χ2n) is 6.86. The lowest BCUT2D eigenvalue weighted by Crippen LogP contribution is -2.35. The molecule has 0 spiro atoms. The van der Waals surface area contributed by atoms with Crippen molar-refractivity contribution in [1.29, 1.82) is 0 Å². The Hall–Kier alpha value is -3.32. The molecule has 7 nitrogen and oxygen atoms in total. The standard InChI is InChI=1S/C22H23N3O4/c1-24-11-10-23-20(24)14-25(13-16-8-9-18-19(12-16)29-15-28-18)22(26)21(27-2)17-6-4-3-5-7-17/h3-12,21H,13-15H2,1-2H3. The van der Waals surface area contributed by atoms with E-state index in [1.54, 1.807) is 18.2 Å². The average molecular weight is 393 g/mol. The highest BCUT2D eigenvalue weighted by molar-refractivity contribution is 5.82. The van der Waals surface area contributed by atoms with Crippen LogP contribution < -0.4 is 9.47 Å². The van der Waals surface area contributed by atoms with E-state index in [0.29, 0.717) is 18.8 Å². The molecule has 1 atom stereocenters. The molecule has 29 heavy (non-hydrogen) atoms. The molecular weight excluding hydrogens is 370 g/mol. The number of aromatic nitrogens is 2. The van der Waals surface area contributed by atoms with Crippen LogP contribution in [0.4, 0.5) is 0 Å². The topological polar surface area (TPSA) is 65.8 Å². The number of aryl methyl sites for hydroxylation is 1. The van der Waals surface area contributed by atoms with E-state index in [1.165, 1.54) is 0 Å². The van der Waals surface area contributed by atoms with Gasteiger partial charge in [-0.25, -0.2) is 4.98 Å². The van der Waals surface area contributed by atoms with Crippen LogP contribution in [0, 0.1) is 0 Å². The van der Waals surface area contributed by atoms with E-state index in [4.69, 9.17) is 14.2 Å². The van der Waals surface area contributed by atoms with Crippen LogP contribution in [0.1, 0.15) is 23.1 Å². The fourth-order valence-electron chi connectivity index (χ4n) is 3.36. The Labute approximate surface area is 169 Å². The monoisotopic (exact) mass is 393 g/mol. The fraction of sp³-hybridized carbons (Fsp3) is 0.273. The highest BCUT2D eigenvalue weighted by Gasteiger charge is 2.27. The number of ether oxygens (including phenoxy) is 3. The number of carbonyl (C=O) groups is 1. The molecule has 2 heterocycles. The van der Waals surface area contributed by atoms with Gasteiger partial charge in [0.25, 0.3) is 5.91 Å². The van der Waals surface area contributed by atoms with Crippen molar-refractivity contribution in [2.75, 3.05) is 13.9 Å². The van der Waals surface area contributed by atoms with Crippen molar-refractivity contribution in [2.45, 2.75) is 19.2 Å². The van der Waals surface area contributed by atoms with Crippen LogP contribution in [0.2, 0.25) is 0 Å². The Bertz CT molecular complexity index is 987. The molecule has 7 heteroatoms. The summed E-state index contributed by atoms with van der Waals surface area (Å²) in [6.45, 7) is 0.979. The number of benzene rings is 2. The van der Waals surface area contributed by atoms with Crippen LogP contribution in [0.25, 0.3) is 0 Å². The van der Waals surface area contributed by atoms with Crippen molar-refractivity contribution in [3.8, 4) is 11.5 Å². The Morgan fingerprint density at radius 3 is 2.69 bits per heavy atom. The van der Waals surface area contributed by atoms with Gasteiger partial charge in [-0.3, -0.25) is 4.79 Å². The minimum absolute atomic E-state index is 0.126. The zero-order valence-electron chi connectivity index (χ0n) is 16.4. The van der Waals surface area contributed by atoms with E-state index in [1.807, 2.05) is 66.3 Å². The first-order chi connectivity index (χ1) is 14.2. The van der Waals surface area contributed by atoms with Gasteiger partial charge in [0.05, 0.1) is 6.54 Å². The van der Waals surface area contributed by atoms with Crippen LogP contribution in [0.15, 0.2) is 60.9 Å². The first-order valence-corrected chi connectivity index (χ1v) is 9.37. The smallest absolute Gasteiger partial charge is 0.257 e. The van der Waals surface area contributed by atoms with E-state index in [9.17, 15) is 4.79 Å². The zero-order chi connectivity index (χ0) is 20.2. The van der Waals surface area contributed by atoms with Crippen molar-refractivity contribution in [3.05, 3.63) is 77.9 Å². The minimum atomic E-state index is -0.689. The molecular formula is C22H23N3O4. The predicted octanol–water partition coefficient (Wildman–Crippen LogP) is 3.07. The number of imidazole rings is 1. The molecule has 0 fully saturated rings. The van der Waals surface area contributed by atoms with Crippen LogP contribution in [0.3, 0.4) is 0 Å². The van der Waals surface area contributed by atoms with E-state index in [2.05, 4.69) is 4.98 Å². The predicted molar refractivity (Wildman–Crippen MR) is 106 cm³/mol. The summed E-state index contributed by atoms with van der Waals surface area (Å²) in [7, 11) is 3.46. The molecule has 1 amide bonds. The maximum atomic E-state index is 13.5. The third-order valence-electron chi connectivity index (χ3n) is 4.94. The fourth-order valence-corrected chi connectivity index (χ4v) is 3.36. The molecule has 0 bridgehead atoms. The molecule has 0 aliphatic carbocycles. The van der Waals surface area contributed by atoms with Crippen molar-refractivity contribution >= 4 is 5.91 Å². The van der Waals surface area contributed by atoms with Gasteiger partial charge in [0.1, 0.15) is 5.82 Å². The van der Waals surface area contributed by atoms with Crippen molar-refractivity contribution in [3.63, 3.8) is 0 Å². The minimum Gasteiger partial charge on any atom is -0.454 e. The van der Waals surface area contributed by atoms with Gasteiger partial charge < -0.3 is 23.7 Å². The number of amides is 1. The summed E-state index contributed by atoms with van der Waals surface area (Å²) in [5, 5.41) is 0. The SMILES string of the molecule is COC(C(=O)N(Cc1ccc2c(c1)OCO2)Cc1nccn1C)c1ccccc1. The van der Waals surface area contributed by atoms with Crippen molar-refractivity contribution < 1.29 is 19.0 Å². The summed E-state index contributed by atoms with van der Waals surface area (Å²) in [4.78, 5) is 19.6. The number of hydrogen-bond donors (Lipinski definition) is 0. The quantitative estimate of drug-likeness (QED) is 0.617. The number of nitrogens with zero attached hydrogens (tertiary/aromatic N) is 3. The third-order valence-corrected chi connectivity index (χ3v) is 4.94. The van der Waals surface area contributed by atoms with E-state index in [0.717, 1.165) is 22.7 Å². The third kappa shape index (κ3) is 4.09. The molecule has 1 unspecified atom stereocenters. The molecule has 0 N–H and O–H groups in total. The van der Waals surface area contributed by atoms with Gasteiger partial charge in [-0.05, 0) is 23.3 Å². The molecule has 0 radical (unpaired) electrons. The summed E-state index contributed by atoms with van der Waals surface area (Å²) < 4.78 is 18.3. The summed E-state index contributed by atoms with van der Waals surface area (Å²) in [6, 6.07) is 15.2. The van der Waals surface area contributed by atoms with Crippen molar-refractivity contribution in [2.24, 2.45) is 7.05 Å². The summed E-state index contributed by atoms with van der Waals surface area (Å²) >= 11 is 0. The second kappa shape index (κ2) is 8.36. The second-order valence-corrected chi connectivity index (χ2v) is 6.86. The van der Waals surface area contributed by atoms with Crippen LogP contribution in [-0.4, -0.2) is 34.3 Å². The van der Waals surface area contributed by atoms with E-state index >= 15 is 0 Å². The summed E-state index contributed by atoms with van der Waals surface area (Å²) in [6.07, 6.45) is 2.90. The molecule has 150 valence electrons. The van der Waals surface area contributed by atoms with Crippen LogP contribution in [-0.2, 0) is 29.7 Å². The van der Waals surface area contributed by atoms with Gasteiger partial charge in [0.15, 0.2) is 17.6 Å². The maximum absolute atomic E-state index is 13.5. The Balaban J connectivity index is 1.62. The molecule has 2 aromatic carbocycles. The van der Waals surface area contributed by atoms with Gasteiger partial charge >= 0.3 is 0 Å². The average Bonchev–Trinajstić information content (AvgIpc) is 3.37. The highest BCUT2D eigenvalue weighted by Crippen LogP contribution is 2.33. The summed E-state index contributed by atoms with van der Waals surface area (Å²) in [5.41, 5.74) is 1.76. The number of methoxy groups -OCH3 is 1. The van der Waals surface area contributed by atoms with Gasteiger partial charge in [0.2, 0.25) is 6.79 Å². The molecule has 0 saturated carbocycles. The van der Waals surface area contributed by atoms with Gasteiger partial charge in [-0.1, -0.05) is 36.4 Å². The lowest BCUT2D eigenvalue weighted by molar-refractivity contribution is -0.144. The number of carbonyl (C=O) groups excluding carboxylic acids is 1. The Kier molecular flexibility index (Phi) is 5.48. The van der Waals surface area contributed by atoms with Gasteiger partial charge in [-0.2, -0.15) is 0 Å². The molecule has 3 aromatic rings. The molecule has 1 aliphatic rings.